The molecular formula is C18H16FN3O2S2. The molecule has 0 saturated carbocycles. The van der Waals surface area contributed by atoms with Crippen LogP contribution < -0.4 is 5.32 Å². The Labute approximate surface area is 158 Å². The third-order valence-corrected chi connectivity index (χ3v) is 6.02. The van der Waals surface area contributed by atoms with Crippen molar-refractivity contribution in [3.8, 4) is 11.4 Å². The van der Waals surface area contributed by atoms with Crippen molar-refractivity contribution in [2.24, 2.45) is 0 Å². The average Bonchev–Trinajstić information content (AvgIpc) is 3.32. The molecule has 1 atom stereocenters. The number of aryl methyl sites for hydroxylation is 1. The summed E-state index contributed by atoms with van der Waals surface area (Å²) < 4.78 is 19.1. The largest absolute Gasteiger partial charge is 0.349 e. The second-order valence-electron chi connectivity index (χ2n) is 5.94. The number of halogens is 1. The third-order valence-electron chi connectivity index (χ3n) is 4.17. The molecule has 0 bridgehead atoms. The molecule has 4 rings (SSSR count). The zero-order chi connectivity index (χ0) is 17.9. The molecule has 3 heterocycles. The Kier molecular flexibility index (Phi) is 5.03. The molecule has 1 aromatic carbocycles. The van der Waals surface area contributed by atoms with Crippen molar-refractivity contribution < 1.29 is 13.7 Å². The van der Waals surface area contributed by atoms with Gasteiger partial charge in [-0.25, -0.2) is 4.39 Å². The zero-order valence-electron chi connectivity index (χ0n) is 13.8. The van der Waals surface area contributed by atoms with E-state index in [4.69, 9.17) is 4.52 Å². The fraction of sp³-hybridized carbons (Fsp3) is 0.278. The van der Waals surface area contributed by atoms with Crippen LogP contribution in [0.3, 0.4) is 0 Å². The highest BCUT2D eigenvalue weighted by Crippen LogP contribution is 2.37. The number of nitrogens with zero attached hydrogens (tertiary/aromatic N) is 2. The number of thiophene rings is 1. The Morgan fingerprint density at radius 3 is 3.15 bits per heavy atom. The summed E-state index contributed by atoms with van der Waals surface area (Å²) in [6.45, 7) is 0. The topological polar surface area (TPSA) is 68.0 Å². The molecule has 3 aromatic rings. The van der Waals surface area contributed by atoms with Crippen LogP contribution in [0.15, 0.2) is 44.4 Å². The van der Waals surface area contributed by atoms with Crippen LogP contribution in [0.2, 0.25) is 0 Å². The van der Waals surface area contributed by atoms with E-state index in [2.05, 4.69) is 15.5 Å². The standard InChI is InChI=1S/C18H16FN3O2S2/c19-13-3-1-2-12-14(7-9-26-17(12)13)20-15(23)4-5-16-21-18(22-24-16)11-6-8-25-10-11/h1-3,6,8,10,14H,4-5,7,9H2,(H,20,23). The second-order valence-corrected chi connectivity index (χ2v) is 7.82. The first-order chi connectivity index (χ1) is 12.7. The summed E-state index contributed by atoms with van der Waals surface area (Å²) in [7, 11) is 0. The van der Waals surface area contributed by atoms with Crippen LogP contribution in [0.5, 0.6) is 0 Å². The molecular weight excluding hydrogens is 373 g/mol. The van der Waals surface area contributed by atoms with E-state index in [0.717, 1.165) is 23.3 Å². The van der Waals surface area contributed by atoms with Crippen LogP contribution in [-0.2, 0) is 11.2 Å². The quantitative estimate of drug-likeness (QED) is 0.707. The van der Waals surface area contributed by atoms with E-state index in [9.17, 15) is 9.18 Å². The highest BCUT2D eigenvalue weighted by atomic mass is 32.2. The molecule has 8 heteroatoms. The zero-order valence-corrected chi connectivity index (χ0v) is 15.4. The van der Waals surface area contributed by atoms with Crippen molar-refractivity contribution in [2.75, 3.05) is 5.75 Å². The molecule has 1 aliphatic rings. The van der Waals surface area contributed by atoms with E-state index in [-0.39, 0.29) is 24.2 Å². The maximum atomic E-state index is 13.9. The summed E-state index contributed by atoms with van der Waals surface area (Å²) in [6.07, 6.45) is 1.41. The van der Waals surface area contributed by atoms with Gasteiger partial charge in [-0.2, -0.15) is 16.3 Å². The number of carbonyl (C=O) groups excluding carboxylic acids is 1. The van der Waals surface area contributed by atoms with Crippen LogP contribution in [0.4, 0.5) is 4.39 Å². The van der Waals surface area contributed by atoms with Gasteiger partial charge in [0, 0.05) is 34.4 Å². The summed E-state index contributed by atoms with van der Waals surface area (Å²) in [6, 6.07) is 6.78. The van der Waals surface area contributed by atoms with Crippen LogP contribution in [0.25, 0.3) is 11.4 Å². The molecule has 1 N–H and O–H groups in total. The summed E-state index contributed by atoms with van der Waals surface area (Å²) in [5, 5.41) is 10.8. The van der Waals surface area contributed by atoms with Crippen molar-refractivity contribution in [1.29, 1.82) is 0 Å². The van der Waals surface area contributed by atoms with Crippen molar-refractivity contribution in [3.63, 3.8) is 0 Å². The minimum atomic E-state index is -0.224. The number of nitrogens with one attached hydrogen (secondary N) is 1. The molecule has 5 nitrogen and oxygen atoms in total. The minimum Gasteiger partial charge on any atom is -0.349 e. The molecule has 0 spiro atoms. The maximum absolute atomic E-state index is 13.9. The summed E-state index contributed by atoms with van der Waals surface area (Å²) in [4.78, 5) is 17.3. The Morgan fingerprint density at radius 1 is 1.38 bits per heavy atom. The van der Waals surface area contributed by atoms with Gasteiger partial charge in [0.05, 0.1) is 6.04 Å². The molecule has 26 heavy (non-hydrogen) atoms. The summed E-state index contributed by atoms with van der Waals surface area (Å²) in [5.74, 6) is 1.43. The van der Waals surface area contributed by atoms with Crippen LogP contribution >= 0.6 is 23.1 Å². The molecule has 1 aliphatic heterocycles. The monoisotopic (exact) mass is 389 g/mol. The number of amides is 1. The molecule has 134 valence electrons. The van der Waals surface area contributed by atoms with E-state index < -0.39 is 0 Å². The third kappa shape index (κ3) is 3.66. The fourth-order valence-electron chi connectivity index (χ4n) is 2.89. The number of hydrogen-bond donors (Lipinski definition) is 1. The Hall–Kier alpha value is -2.19. The van der Waals surface area contributed by atoms with Gasteiger partial charge < -0.3 is 9.84 Å². The molecule has 0 radical (unpaired) electrons. The van der Waals surface area contributed by atoms with Crippen LogP contribution in [0.1, 0.15) is 30.3 Å². The summed E-state index contributed by atoms with van der Waals surface area (Å²) >= 11 is 3.06. The van der Waals surface area contributed by atoms with Gasteiger partial charge in [-0.3, -0.25) is 4.79 Å². The van der Waals surface area contributed by atoms with Gasteiger partial charge in [0.2, 0.25) is 17.6 Å². The fourth-order valence-corrected chi connectivity index (χ4v) is 4.66. The molecule has 0 aliphatic carbocycles. The van der Waals surface area contributed by atoms with E-state index >= 15 is 0 Å². The number of hydrogen-bond acceptors (Lipinski definition) is 6. The predicted octanol–water partition coefficient (Wildman–Crippen LogP) is 4.22. The minimum absolute atomic E-state index is 0.104. The van der Waals surface area contributed by atoms with Crippen LogP contribution in [-0.4, -0.2) is 21.8 Å². The Balaban J connectivity index is 1.36. The SMILES string of the molecule is O=C(CCc1nc(-c2ccsc2)no1)NC1CCSc2c(F)cccc21. The first-order valence-corrected chi connectivity index (χ1v) is 10.2. The van der Waals surface area contributed by atoms with E-state index in [1.807, 2.05) is 22.9 Å². The number of rotatable bonds is 5. The molecule has 2 aromatic heterocycles. The average molecular weight is 389 g/mol. The van der Waals surface area contributed by atoms with Crippen molar-refractivity contribution in [1.82, 2.24) is 15.5 Å². The smallest absolute Gasteiger partial charge is 0.227 e. The lowest BCUT2D eigenvalue weighted by Crippen LogP contribution is -2.31. The molecule has 0 fully saturated rings. The first kappa shape index (κ1) is 17.2. The number of fused-ring (bicyclic) bond motifs is 1. The second kappa shape index (κ2) is 7.59. The van der Waals surface area contributed by atoms with Gasteiger partial charge in [-0.05, 0) is 29.5 Å². The summed E-state index contributed by atoms with van der Waals surface area (Å²) in [5.41, 5.74) is 1.76. The van der Waals surface area contributed by atoms with E-state index in [1.165, 1.54) is 17.8 Å². The highest BCUT2D eigenvalue weighted by molar-refractivity contribution is 7.99. The number of aromatic nitrogens is 2. The number of carbonyl (C=O) groups is 1. The molecule has 1 amide bonds. The predicted molar refractivity (Wildman–Crippen MR) is 98.6 cm³/mol. The number of thioether (sulfide) groups is 1. The van der Waals surface area contributed by atoms with Gasteiger partial charge >= 0.3 is 0 Å². The maximum Gasteiger partial charge on any atom is 0.227 e. The van der Waals surface area contributed by atoms with Gasteiger partial charge in [0.15, 0.2) is 0 Å². The lowest BCUT2D eigenvalue weighted by atomic mass is 10.0. The Bertz CT molecular complexity index is 911. The number of benzene rings is 1. The van der Waals surface area contributed by atoms with E-state index in [1.54, 1.807) is 17.4 Å². The van der Waals surface area contributed by atoms with E-state index in [0.29, 0.717) is 23.0 Å². The first-order valence-electron chi connectivity index (χ1n) is 8.26. The van der Waals surface area contributed by atoms with Crippen molar-refractivity contribution >= 4 is 29.0 Å². The normalized spacial score (nSPS) is 16.3. The highest BCUT2D eigenvalue weighted by Gasteiger charge is 2.24. The van der Waals surface area contributed by atoms with Crippen molar-refractivity contribution in [3.05, 3.63) is 52.3 Å². The van der Waals surface area contributed by atoms with Crippen LogP contribution in [0, 0.1) is 5.82 Å². The Morgan fingerprint density at radius 2 is 2.31 bits per heavy atom. The molecule has 1 unspecified atom stereocenters. The van der Waals surface area contributed by atoms with Gasteiger partial charge in [-0.1, -0.05) is 17.3 Å². The lowest BCUT2D eigenvalue weighted by Gasteiger charge is -2.26. The lowest BCUT2D eigenvalue weighted by molar-refractivity contribution is -0.121. The van der Waals surface area contributed by atoms with Gasteiger partial charge in [0.1, 0.15) is 5.82 Å². The van der Waals surface area contributed by atoms with Gasteiger partial charge in [0.25, 0.3) is 0 Å². The van der Waals surface area contributed by atoms with Crippen molar-refractivity contribution in [2.45, 2.75) is 30.2 Å². The van der Waals surface area contributed by atoms with Gasteiger partial charge in [-0.15, -0.1) is 11.8 Å². The molecule has 0 saturated heterocycles.